The Morgan fingerprint density at radius 2 is 2.45 bits per heavy atom. The van der Waals surface area contributed by atoms with Crippen LogP contribution in [0.25, 0.3) is 0 Å². The van der Waals surface area contributed by atoms with Crippen LogP contribution in [0.1, 0.15) is 34.2 Å². The second-order valence-electron chi connectivity index (χ2n) is 4.96. The average Bonchev–Trinajstić information content (AvgIpc) is 3.19. The van der Waals surface area contributed by atoms with Gasteiger partial charge in [-0.2, -0.15) is 0 Å². The molecule has 1 saturated heterocycles. The molecule has 2 aromatic heterocycles. The van der Waals surface area contributed by atoms with Gasteiger partial charge in [-0.3, -0.25) is 4.79 Å². The molecule has 2 N–H and O–H groups in total. The standard InChI is InChI=1S/C14H18N4OS/c15-5-7-17-9-11(16-10-17)14(19)18-6-1-3-12(18)13-4-2-8-20-13/h2,4,8-10,12H,1,3,5-7,15H2. The van der Waals surface area contributed by atoms with E-state index in [2.05, 4.69) is 16.4 Å². The molecule has 106 valence electrons. The Morgan fingerprint density at radius 3 is 3.20 bits per heavy atom. The molecule has 1 atom stereocenters. The van der Waals surface area contributed by atoms with Crippen molar-refractivity contribution in [2.75, 3.05) is 13.1 Å². The molecule has 1 unspecified atom stereocenters. The minimum atomic E-state index is 0.0247. The van der Waals surface area contributed by atoms with E-state index in [1.807, 2.05) is 15.5 Å². The lowest BCUT2D eigenvalue weighted by atomic mass is 10.2. The maximum absolute atomic E-state index is 12.6. The molecule has 3 heterocycles. The summed E-state index contributed by atoms with van der Waals surface area (Å²) in [7, 11) is 0. The summed E-state index contributed by atoms with van der Waals surface area (Å²) in [5, 5.41) is 2.06. The molecule has 0 spiro atoms. The molecule has 0 saturated carbocycles. The van der Waals surface area contributed by atoms with E-state index in [9.17, 15) is 4.79 Å². The maximum Gasteiger partial charge on any atom is 0.274 e. The molecule has 0 aliphatic carbocycles. The summed E-state index contributed by atoms with van der Waals surface area (Å²) in [6.07, 6.45) is 5.56. The Balaban J connectivity index is 1.78. The summed E-state index contributed by atoms with van der Waals surface area (Å²) in [6.45, 7) is 2.05. The van der Waals surface area contributed by atoms with Gasteiger partial charge in [0.2, 0.25) is 0 Å². The number of thiophene rings is 1. The van der Waals surface area contributed by atoms with Crippen molar-refractivity contribution >= 4 is 17.2 Å². The van der Waals surface area contributed by atoms with Crippen molar-refractivity contribution in [1.82, 2.24) is 14.5 Å². The van der Waals surface area contributed by atoms with Gasteiger partial charge in [0.1, 0.15) is 5.69 Å². The number of likely N-dealkylation sites (tertiary alicyclic amines) is 1. The molecular weight excluding hydrogens is 272 g/mol. The molecule has 0 radical (unpaired) electrons. The van der Waals surface area contributed by atoms with E-state index in [0.29, 0.717) is 18.8 Å². The summed E-state index contributed by atoms with van der Waals surface area (Å²) in [4.78, 5) is 20.0. The SMILES string of the molecule is NCCn1cnc(C(=O)N2CCCC2c2cccs2)c1. The van der Waals surface area contributed by atoms with Crippen molar-refractivity contribution in [3.05, 3.63) is 40.6 Å². The lowest BCUT2D eigenvalue weighted by molar-refractivity contribution is 0.0732. The van der Waals surface area contributed by atoms with E-state index in [1.54, 1.807) is 23.9 Å². The molecule has 1 amide bonds. The van der Waals surface area contributed by atoms with Crippen molar-refractivity contribution in [3.63, 3.8) is 0 Å². The zero-order chi connectivity index (χ0) is 13.9. The molecule has 6 heteroatoms. The van der Waals surface area contributed by atoms with E-state index < -0.39 is 0 Å². The lowest BCUT2D eigenvalue weighted by Crippen LogP contribution is -2.30. The molecular formula is C14H18N4OS. The topological polar surface area (TPSA) is 64.2 Å². The number of carbonyl (C=O) groups excluding carboxylic acids is 1. The van der Waals surface area contributed by atoms with Crippen molar-refractivity contribution < 1.29 is 4.79 Å². The average molecular weight is 290 g/mol. The predicted molar refractivity (Wildman–Crippen MR) is 78.6 cm³/mol. The van der Waals surface area contributed by atoms with E-state index in [0.717, 1.165) is 19.4 Å². The smallest absolute Gasteiger partial charge is 0.274 e. The van der Waals surface area contributed by atoms with Gasteiger partial charge in [-0.25, -0.2) is 4.98 Å². The molecule has 3 rings (SSSR count). The van der Waals surface area contributed by atoms with Gasteiger partial charge in [-0.15, -0.1) is 11.3 Å². The van der Waals surface area contributed by atoms with Crippen LogP contribution in [-0.4, -0.2) is 33.4 Å². The third-order valence-electron chi connectivity index (χ3n) is 3.62. The van der Waals surface area contributed by atoms with Crippen LogP contribution in [-0.2, 0) is 6.54 Å². The van der Waals surface area contributed by atoms with Gasteiger partial charge in [-0.05, 0) is 24.3 Å². The van der Waals surface area contributed by atoms with Crippen molar-refractivity contribution in [2.45, 2.75) is 25.4 Å². The number of amides is 1. The summed E-state index contributed by atoms with van der Waals surface area (Å²) < 4.78 is 1.86. The van der Waals surface area contributed by atoms with Crippen LogP contribution in [0.15, 0.2) is 30.0 Å². The highest BCUT2D eigenvalue weighted by Gasteiger charge is 2.32. The van der Waals surface area contributed by atoms with Crippen LogP contribution in [0, 0.1) is 0 Å². The van der Waals surface area contributed by atoms with Crippen molar-refractivity contribution in [2.24, 2.45) is 5.73 Å². The number of nitrogens with two attached hydrogens (primary N) is 1. The fraction of sp³-hybridized carbons (Fsp3) is 0.429. The normalized spacial score (nSPS) is 18.6. The van der Waals surface area contributed by atoms with Crippen LogP contribution >= 0.6 is 11.3 Å². The van der Waals surface area contributed by atoms with Crippen LogP contribution in [0.2, 0.25) is 0 Å². The maximum atomic E-state index is 12.6. The van der Waals surface area contributed by atoms with E-state index >= 15 is 0 Å². The predicted octanol–water partition coefficient (Wildman–Crippen LogP) is 1.88. The molecule has 0 aromatic carbocycles. The first-order valence-corrected chi connectivity index (χ1v) is 7.74. The third-order valence-corrected chi connectivity index (χ3v) is 4.60. The van der Waals surface area contributed by atoms with Gasteiger partial charge < -0.3 is 15.2 Å². The van der Waals surface area contributed by atoms with Gasteiger partial charge in [-0.1, -0.05) is 6.07 Å². The Bertz CT molecular complexity index is 578. The molecule has 1 aliphatic heterocycles. The number of nitrogens with zero attached hydrogens (tertiary/aromatic N) is 3. The first kappa shape index (κ1) is 13.3. The Morgan fingerprint density at radius 1 is 1.55 bits per heavy atom. The Kier molecular flexibility index (Phi) is 3.84. The number of imidazole rings is 1. The largest absolute Gasteiger partial charge is 0.335 e. The Hall–Kier alpha value is -1.66. The highest BCUT2D eigenvalue weighted by Crippen LogP contribution is 2.35. The molecule has 0 bridgehead atoms. The highest BCUT2D eigenvalue weighted by atomic mass is 32.1. The second kappa shape index (κ2) is 5.76. The quantitative estimate of drug-likeness (QED) is 0.935. The number of aromatic nitrogens is 2. The van der Waals surface area contributed by atoms with Gasteiger partial charge in [0, 0.05) is 30.7 Å². The summed E-state index contributed by atoms with van der Waals surface area (Å²) in [5.74, 6) is 0.0247. The fourth-order valence-corrected chi connectivity index (χ4v) is 3.55. The second-order valence-corrected chi connectivity index (χ2v) is 5.94. The lowest BCUT2D eigenvalue weighted by Gasteiger charge is -2.22. The zero-order valence-corrected chi connectivity index (χ0v) is 12.1. The van der Waals surface area contributed by atoms with Gasteiger partial charge in [0.25, 0.3) is 5.91 Å². The number of hydrogen-bond acceptors (Lipinski definition) is 4. The molecule has 2 aromatic rings. The summed E-state index contributed by atoms with van der Waals surface area (Å²) in [6, 6.07) is 4.35. The van der Waals surface area contributed by atoms with Crippen LogP contribution < -0.4 is 5.73 Å². The van der Waals surface area contributed by atoms with Gasteiger partial charge in [0.05, 0.1) is 12.4 Å². The monoisotopic (exact) mass is 290 g/mol. The summed E-state index contributed by atoms with van der Waals surface area (Å²) >= 11 is 1.71. The number of hydrogen-bond donors (Lipinski definition) is 1. The van der Waals surface area contributed by atoms with Crippen molar-refractivity contribution in [3.8, 4) is 0 Å². The zero-order valence-electron chi connectivity index (χ0n) is 11.2. The first-order valence-electron chi connectivity index (χ1n) is 6.86. The molecule has 5 nitrogen and oxygen atoms in total. The molecule has 20 heavy (non-hydrogen) atoms. The van der Waals surface area contributed by atoms with Crippen molar-refractivity contribution in [1.29, 1.82) is 0 Å². The Labute approximate surface area is 122 Å². The minimum Gasteiger partial charge on any atom is -0.335 e. The van der Waals surface area contributed by atoms with E-state index in [-0.39, 0.29) is 11.9 Å². The van der Waals surface area contributed by atoms with Gasteiger partial charge >= 0.3 is 0 Å². The highest BCUT2D eigenvalue weighted by molar-refractivity contribution is 7.10. The molecule has 1 aliphatic rings. The van der Waals surface area contributed by atoms with E-state index in [4.69, 9.17) is 5.73 Å². The van der Waals surface area contributed by atoms with Crippen LogP contribution in [0.4, 0.5) is 0 Å². The molecule has 1 fully saturated rings. The first-order chi connectivity index (χ1) is 9.79. The van der Waals surface area contributed by atoms with Crippen LogP contribution in [0.3, 0.4) is 0 Å². The van der Waals surface area contributed by atoms with Crippen LogP contribution in [0.5, 0.6) is 0 Å². The number of carbonyl (C=O) groups is 1. The fourth-order valence-electron chi connectivity index (χ4n) is 2.68. The minimum absolute atomic E-state index is 0.0247. The third kappa shape index (κ3) is 2.48. The number of rotatable bonds is 4. The van der Waals surface area contributed by atoms with Gasteiger partial charge in [0.15, 0.2) is 0 Å². The summed E-state index contributed by atoms with van der Waals surface area (Å²) in [5.41, 5.74) is 6.03. The van der Waals surface area contributed by atoms with E-state index in [1.165, 1.54) is 4.88 Å².